The first-order valence-corrected chi connectivity index (χ1v) is 12.9. The van der Waals surface area contributed by atoms with Gasteiger partial charge in [-0.2, -0.15) is 0 Å². The van der Waals surface area contributed by atoms with Crippen molar-refractivity contribution in [2.45, 2.75) is 0 Å². The standard InChI is InChI=1S/C36H23NO/c1-2-9-23(10-3-1)25-19-26(24-17-18-35-32(22-24)30-12-5-7-16-34(30)38-35)21-27(20-25)28-13-8-14-31-29-11-4-6-15-33(29)37-36(28)31/h1-22,37H. The fraction of sp³-hybridized carbons (Fsp3) is 0. The van der Waals surface area contributed by atoms with Gasteiger partial charge >= 0.3 is 0 Å². The first-order valence-electron chi connectivity index (χ1n) is 12.9. The lowest BCUT2D eigenvalue weighted by molar-refractivity contribution is 0.669. The normalized spacial score (nSPS) is 11.7. The molecule has 2 heterocycles. The first kappa shape index (κ1) is 21.0. The maximum absolute atomic E-state index is 6.10. The Balaban J connectivity index is 1.39. The van der Waals surface area contributed by atoms with Crippen molar-refractivity contribution in [3.8, 4) is 33.4 Å². The Hall–Kier alpha value is -5.08. The van der Waals surface area contributed by atoms with Crippen molar-refractivity contribution in [2.75, 3.05) is 0 Å². The molecule has 2 heteroatoms. The van der Waals surface area contributed by atoms with E-state index in [0.717, 1.165) is 27.5 Å². The maximum Gasteiger partial charge on any atom is 0.135 e. The molecule has 0 saturated heterocycles. The van der Waals surface area contributed by atoms with Crippen LogP contribution in [0, 0.1) is 0 Å². The summed E-state index contributed by atoms with van der Waals surface area (Å²) >= 11 is 0. The van der Waals surface area contributed by atoms with Gasteiger partial charge < -0.3 is 9.40 Å². The number of aromatic amines is 1. The molecule has 0 radical (unpaired) electrons. The minimum Gasteiger partial charge on any atom is -0.456 e. The van der Waals surface area contributed by atoms with E-state index in [1.54, 1.807) is 0 Å². The van der Waals surface area contributed by atoms with Gasteiger partial charge in [0.2, 0.25) is 0 Å². The first-order chi connectivity index (χ1) is 18.8. The Morgan fingerprint density at radius 3 is 1.97 bits per heavy atom. The smallest absolute Gasteiger partial charge is 0.135 e. The lowest BCUT2D eigenvalue weighted by Gasteiger charge is -2.12. The van der Waals surface area contributed by atoms with Crippen LogP contribution < -0.4 is 0 Å². The van der Waals surface area contributed by atoms with Crippen LogP contribution in [0.3, 0.4) is 0 Å². The van der Waals surface area contributed by atoms with Crippen molar-refractivity contribution in [1.29, 1.82) is 0 Å². The quantitative estimate of drug-likeness (QED) is 0.265. The Labute approximate surface area is 219 Å². The molecule has 0 bridgehead atoms. The number of fused-ring (bicyclic) bond motifs is 6. The Bertz CT molecular complexity index is 2130. The predicted molar refractivity (Wildman–Crippen MR) is 159 cm³/mol. The van der Waals surface area contributed by atoms with E-state index in [1.165, 1.54) is 49.7 Å². The summed E-state index contributed by atoms with van der Waals surface area (Å²) in [4.78, 5) is 3.69. The van der Waals surface area contributed by atoms with Crippen molar-refractivity contribution in [3.63, 3.8) is 0 Å². The summed E-state index contributed by atoms with van der Waals surface area (Å²) in [7, 11) is 0. The average Bonchev–Trinajstić information content (AvgIpc) is 3.55. The molecule has 6 aromatic carbocycles. The lowest BCUT2D eigenvalue weighted by atomic mass is 9.92. The molecule has 0 aliphatic carbocycles. The van der Waals surface area contributed by atoms with Crippen LogP contribution in [0.15, 0.2) is 138 Å². The molecule has 0 atom stereocenters. The van der Waals surface area contributed by atoms with Crippen molar-refractivity contribution < 1.29 is 4.42 Å². The van der Waals surface area contributed by atoms with Crippen LogP contribution in [0.4, 0.5) is 0 Å². The van der Waals surface area contributed by atoms with Gasteiger partial charge in [-0.25, -0.2) is 0 Å². The highest BCUT2D eigenvalue weighted by atomic mass is 16.3. The van der Waals surface area contributed by atoms with E-state index < -0.39 is 0 Å². The van der Waals surface area contributed by atoms with Gasteiger partial charge in [0.15, 0.2) is 0 Å². The summed E-state index contributed by atoms with van der Waals surface area (Å²) in [5.41, 5.74) is 11.3. The van der Waals surface area contributed by atoms with Crippen LogP contribution in [0.25, 0.3) is 77.1 Å². The fourth-order valence-corrected chi connectivity index (χ4v) is 5.77. The second kappa shape index (κ2) is 8.22. The summed E-state index contributed by atoms with van der Waals surface area (Å²) in [6.45, 7) is 0. The van der Waals surface area contributed by atoms with Crippen LogP contribution in [0.5, 0.6) is 0 Å². The van der Waals surface area contributed by atoms with Crippen LogP contribution in [-0.4, -0.2) is 4.98 Å². The number of furan rings is 1. The monoisotopic (exact) mass is 485 g/mol. The van der Waals surface area contributed by atoms with Gasteiger partial charge in [0.05, 0.1) is 5.52 Å². The van der Waals surface area contributed by atoms with Gasteiger partial charge in [-0.1, -0.05) is 91.0 Å². The van der Waals surface area contributed by atoms with E-state index in [9.17, 15) is 0 Å². The molecule has 0 saturated carbocycles. The van der Waals surface area contributed by atoms with E-state index in [1.807, 2.05) is 12.1 Å². The zero-order chi connectivity index (χ0) is 25.1. The summed E-state index contributed by atoms with van der Waals surface area (Å²) in [5.74, 6) is 0. The summed E-state index contributed by atoms with van der Waals surface area (Å²) in [6.07, 6.45) is 0. The van der Waals surface area contributed by atoms with Crippen molar-refractivity contribution in [2.24, 2.45) is 0 Å². The molecule has 8 rings (SSSR count). The number of H-pyrrole nitrogens is 1. The zero-order valence-electron chi connectivity index (χ0n) is 20.6. The molecule has 2 nitrogen and oxygen atoms in total. The molecule has 0 unspecified atom stereocenters. The third-order valence-corrected chi connectivity index (χ3v) is 7.60. The number of benzene rings is 6. The van der Waals surface area contributed by atoms with Gasteiger partial charge in [-0.15, -0.1) is 0 Å². The third-order valence-electron chi connectivity index (χ3n) is 7.60. The van der Waals surface area contributed by atoms with Crippen LogP contribution >= 0.6 is 0 Å². The Morgan fingerprint density at radius 2 is 1.08 bits per heavy atom. The molecule has 178 valence electrons. The third kappa shape index (κ3) is 3.28. The minimum atomic E-state index is 0.914. The van der Waals surface area contributed by atoms with E-state index in [2.05, 4.69) is 126 Å². The number of para-hydroxylation sites is 3. The van der Waals surface area contributed by atoms with Crippen molar-refractivity contribution >= 4 is 43.7 Å². The number of rotatable bonds is 3. The molecule has 0 fully saturated rings. The summed E-state index contributed by atoms with van der Waals surface area (Å²) < 4.78 is 6.10. The predicted octanol–water partition coefficient (Wildman–Crippen LogP) is 10.2. The molecule has 0 aliphatic rings. The number of hydrogen-bond acceptors (Lipinski definition) is 1. The highest BCUT2D eigenvalue weighted by molar-refractivity contribution is 6.12. The second-order valence-electron chi connectivity index (χ2n) is 9.87. The lowest BCUT2D eigenvalue weighted by Crippen LogP contribution is -1.87. The van der Waals surface area contributed by atoms with E-state index in [0.29, 0.717) is 0 Å². The van der Waals surface area contributed by atoms with E-state index in [-0.39, 0.29) is 0 Å². The molecule has 8 aromatic rings. The van der Waals surface area contributed by atoms with Crippen LogP contribution in [-0.2, 0) is 0 Å². The summed E-state index contributed by atoms with van der Waals surface area (Å²) in [5, 5.41) is 4.78. The van der Waals surface area contributed by atoms with Crippen LogP contribution in [0.1, 0.15) is 0 Å². The molecule has 0 aliphatic heterocycles. The molecule has 0 spiro atoms. The largest absolute Gasteiger partial charge is 0.456 e. The van der Waals surface area contributed by atoms with Crippen molar-refractivity contribution in [3.05, 3.63) is 133 Å². The number of hydrogen-bond donors (Lipinski definition) is 1. The molecule has 38 heavy (non-hydrogen) atoms. The molecular formula is C36H23NO. The Morgan fingerprint density at radius 1 is 0.395 bits per heavy atom. The van der Waals surface area contributed by atoms with Gasteiger partial charge in [0, 0.05) is 32.6 Å². The molecular weight excluding hydrogens is 462 g/mol. The van der Waals surface area contributed by atoms with E-state index >= 15 is 0 Å². The van der Waals surface area contributed by atoms with Gasteiger partial charge in [0.1, 0.15) is 11.2 Å². The van der Waals surface area contributed by atoms with Crippen molar-refractivity contribution in [1.82, 2.24) is 4.98 Å². The Kier molecular flexibility index (Phi) is 4.55. The van der Waals surface area contributed by atoms with E-state index in [4.69, 9.17) is 4.42 Å². The minimum absolute atomic E-state index is 0.914. The SMILES string of the molecule is c1ccc(-c2cc(-c3ccc4oc5ccccc5c4c3)cc(-c3cccc4c3[nH]c3ccccc34)c2)cc1. The maximum atomic E-state index is 6.10. The fourth-order valence-electron chi connectivity index (χ4n) is 5.77. The molecule has 2 aromatic heterocycles. The number of aromatic nitrogens is 1. The van der Waals surface area contributed by atoms with Crippen LogP contribution in [0.2, 0.25) is 0 Å². The topological polar surface area (TPSA) is 28.9 Å². The van der Waals surface area contributed by atoms with Gasteiger partial charge in [-0.3, -0.25) is 0 Å². The van der Waals surface area contributed by atoms with Gasteiger partial charge in [0.25, 0.3) is 0 Å². The average molecular weight is 486 g/mol. The summed E-state index contributed by atoms with van der Waals surface area (Å²) in [6, 6.07) is 47.4. The highest BCUT2D eigenvalue weighted by Crippen LogP contribution is 2.39. The zero-order valence-corrected chi connectivity index (χ0v) is 20.6. The van der Waals surface area contributed by atoms with Gasteiger partial charge in [-0.05, 0) is 70.3 Å². The number of nitrogens with one attached hydrogen (secondary N) is 1. The second-order valence-corrected chi connectivity index (χ2v) is 9.87. The molecule has 1 N–H and O–H groups in total. The molecule has 0 amide bonds. The highest BCUT2D eigenvalue weighted by Gasteiger charge is 2.14.